The lowest BCUT2D eigenvalue weighted by atomic mass is 9.63. The molecule has 1 spiro atoms. The number of benzene rings is 1. The van der Waals surface area contributed by atoms with Gasteiger partial charge in [-0.1, -0.05) is 12.1 Å². The Kier molecular flexibility index (Phi) is 2.02. The molecule has 2 heterocycles. The molecule has 90 valence electrons. The fourth-order valence-corrected chi connectivity index (χ4v) is 3.35. The Morgan fingerprint density at radius 1 is 1.12 bits per heavy atom. The fourth-order valence-electron chi connectivity index (χ4n) is 3.35. The molecule has 1 saturated heterocycles. The maximum atomic E-state index is 6.16. The van der Waals surface area contributed by atoms with Crippen molar-refractivity contribution in [1.82, 2.24) is 10.6 Å². The van der Waals surface area contributed by atoms with Gasteiger partial charge in [-0.05, 0) is 24.5 Å². The van der Waals surface area contributed by atoms with Gasteiger partial charge in [-0.2, -0.15) is 0 Å². The van der Waals surface area contributed by atoms with E-state index in [0.717, 1.165) is 18.8 Å². The van der Waals surface area contributed by atoms with E-state index in [2.05, 4.69) is 28.8 Å². The smallest absolute Gasteiger partial charge is 0.124 e. The molecule has 17 heavy (non-hydrogen) atoms. The van der Waals surface area contributed by atoms with Gasteiger partial charge in [0.15, 0.2) is 0 Å². The molecule has 0 radical (unpaired) electrons. The highest BCUT2D eigenvalue weighted by molar-refractivity contribution is 5.42. The first-order valence-corrected chi connectivity index (χ1v) is 6.54. The van der Waals surface area contributed by atoms with Gasteiger partial charge >= 0.3 is 0 Å². The van der Waals surface area contributed by atoms with Crippen molar-refractivity contribution in [3.8, 4) is 5.75 Å². The van der Waals surface area contributed by atoms with Gasteiger partial charge < -0.3 is 15.4 Å². The molecule has 1 aromatic carbocycles. The number of hydrogen-bond donors (Lipinski definition) is 2. The average molecular weight is 230 g/mol. The van der Waals surface area contributed by atoms with Crippen LogP contribution in [0.3, 0.4) is 0 Å². The molecule has 0 amide bonds. The average Bonchev–Trinajstić information content (AvgIpc) is 2.68. The van der Waals surface area contributed by atoms with Crippen molar-refractivity contribution in [2.45, 2.75) is 32.0 Å². The van der Waals surface area contributed by atoms with Crippen molar-refractivity contribution >= 4 is 0 Å². The Hall–Kier alpha value is -1.06. The third-order valence-electron chi connectivity index (χ3n) is 4.46. The summed E-state index contributed by atoms with van der Waals surface area (Å²) in [5.41, 5.74) is 3.38. The third-order valence-corrected chi connectivity index (χ3v) is 4.46. The highest BCUT2D eigenvalue weighted by atomic mass is 16.5. The van der Waals surface area contributed by atoms with Gasteiger partial charge in [0.25, 0.3) is 0 Å². The minimum Gasteiger partial charge on any atom is -0.490 e. The summed E-state index contributed by atoms with van der Waals surface area (Å²) >= 11 is 0. The molecule has 1 saturated carbocycles. The first-order valence-electron chi connectivity index (χ1n) is 6.54. The van der Waals surface area contributed by atoms with Crippen LogP contribution in [0.25, 0.3) is 0 Å². The second kappa shape index (κ2) is 3.47. The zero-order valence-corrected chi connectivity index (χ0v) is 9.96. The number of hydrogen-bond acceptors (Lipinski definition) is 3. The largest absolute Gasteiger partial charge is 0.490 e. The summed E-state index contributed by atoms with van der Waals surface area (Å²) in [5, 5.41) is 6.75. The van der Waals surface area contributed by atoms with Crippen LogP contribution in [-0.4, -0.2) is 19.2 Å². The van der Waals surface area contributed by atoms with Gasteiger partial charge in [-0.15, -0.1) is 0 Å². The molecule has 0 unspecified atom stereocenters. The molecule has 4 rings (SSSR count). The van der Waals surface area contributed by atoms with Gasteiger partial charge in [-0.3, -0.25) is 0 Å². The predicted molar refractivity (Wildman–Crippen MR) is 65.9 cm³/mol. The maximum absolute atomic E-state index is 6.16. The lowest BCUT2D eigenvalue weighted by Gasteiger charge is -2.53. The van der Waals surface area contributed by atoms with Gasteiger partial charge in [-0.25, -0.2) is 0 Å². The lowest BCUT2D eigenvalue weighted by Crippen LogP contribution is -2.62. The van der Waals surface area contributed by atoms with Gasteiger partial charge in [0.05, 0.1) is 6.10 Å². The Morgan fingerprint density at radius 3 is 2.76 bits per heavy atom. The van der Waals surface area contributed by atoms with Crippen LogP contribution in [0.4, 0.5) is 0 Å². The Morgan fingerprint density at radius 2 is 2.00 bits per heavy atom. The van der Waals surface area contributed by atoms with E-state index < -0.39 is 0 Å². The van der Waals surface area contributed by atoms with Gasteiger partial charge in [0.2, 0.25) is 0 Å². The molecule has 2 N–H and O–H groups in total. The van der Waals surface area contributed by atoms with E-state index in [1.165, 1.54) is 37.1 Å². The van der Waals surface area contributed by atoms with E-state index in [1.807, 2.05) is 0 Å². The molecular formula is C14H18N2O. The minimum atomic E-state index is 0.448. The van der Waals surface area contributed by atoms with Crippen LogP contribution >= 0.6 is 0 Å². The van der Waals surface area contributed by atoms with E-state index in [9.17, 15) is 0 Å². The standard InChI is InChI=1S/C14H18N2O/c1-2-10-6-15-7-12(10)13(3-1)17-11-4-14(5-11)8-16-9-14/h1-3,11,15-16H,4-9H2. The molecular weight excluding hydrogens is 212 g/mol. The summed E-state index contributed by atoms with van der Waals surface area (Å²) in [5.74, 6) is 1.11. The van der Waals surface area contributed by atoms with Crippen LogP contribution in [0, 0.1) is 5.41 Å². The lowest BCUT2D eigenvalue weighted by molar-refractivity contribution is -0.0498. The Balaban J connectivity index is 1.48. The zero-order valence-electron chi connectivity index (χ0n) is 9.96. The van der Waals surface area contributed by atoms with Gasteiger partial charge in [0, 0.05) is 37.2 Å². The molecule has 2 fully saturated rings. The monoisotopic (exact) mass is 230 g/mol. The molecule has 0 aromatic heterocycles. The molecule has 2 aliphatic heterocycles. The molecule has 1 aliphatic carbocycles. The summed E-state index contributed by atoms with van der Waals surface area (Å²) in [4.78, 5) is 0. The summed E-state index contributed by atoms with van der Waals surface area (Å²) in [6.07, 6.45) is 2.91. The predicted octanol–water partition coefficient (Wildman–Crippen LogP) is 1.42. The molecule has 0 bridgehead atoms. The molecule has 1 aromatic rings. The Labute approximate surface area is 102 Å². The van der Waals surface area contributed by atoms with Crippen molar-refractivity contribution < 1.29 is 4.74 Å². The van der Waals surface area contributed by atoms with Crippen LogP contribution in [0.5, 0.6) is 5.75 Å². The summed E-state index contributed by atoms with van der Waals surface area (Å²) in [7, 11) is 0. The van der Waals surface area contributed by atoms with Crippen LogP contribution in [-0.2, 0) is 13.1 Å². The number of fused-ring (bicyclic) bond motifs is 1. The number of ether oxygens (including phenoxy) is 1. The highest BCUT2D eigenvalue weighted by Gasteiger charge is 2.49. The molecule has 3 nitrogen and oxygen atoms in total. The normalized spacial score (nSPS) is 25.2. The molecule has 3 aliphatic rings. The molecule has 3 heteroatoms. The Bertz CT molecular complexity index is 446. The van der Waals surface area contributed by atoms with Crippen molar-refractivity contribution in [3.63, 3.8) is 0 Å². The third kappa shape index (κ3) is 1.49. The summed E-state index contributed by atoms with van der Waals surface area (Å²) < 4.78 is 6.16. The van der Waals surface area contributed by atoms with E-state index in [0.29, 0.717) is 11.5 Å². The number of nitrogens with one attached hydrogen (secondary N) is 2. The highest BCUT2D eigenvalue weighted by Crippen LogP contribution is 2.46. The summed E-state index contributed by atoms with van der Waals surface area (Å²) in [6, 6.07) is 6.43. The topological polar surface area (TPSA) is 33.3 Å². The van der Waals surface area contributed by atoms with E-state index in [-0.39, 0.29) is 0 Å². The maximum Gasteiger partial charge on any atom is 0.124 e. The van der Waals surface area contributed by atoms with E-state index >= 15 is 0 Å². The van der Waals surface area contributed by atoms with Crippen molar-refractivity contribution in [3.05, 3.63) is 29.3 Å². The minimum absolute atomic E-state index is 0.448. The van der Waals surface area contributed by atoms with Gasteiger partial charge in [0.1, 0.15) is 5.75 Å². The summed E-state index contributed by atoms with van der Waals surface area (Å²) in [6.45, 7) is 4.35. The van der Waals surface area contributed by atoms with Crippen LogP contribution in [0.1, 0.15) is 24.0 Å². The van der Waals surface area contributed by atoms with Crippen molar-refractivity contribution in [1.29, 1.82) is 0 Å². The second-order valence-electron chi connectivity index (χ2n) is 5.75. The van der Waals surface area contributed by atoms with Crippen LogP contribution < -0.4 is 15.4 Å². The van der Waals surface area contributed by atoms with E-state index in [1.54, 1.807) is 0 Å². The first-order chi connectivity index (χ1) is 8.35. The number of rotatable bonds is 2. The van der Waals surface area contributed by atoms with Crippen molar-refractivity contribution in [2.75, 3.05) is 13.1 Å². The van der Waals surface area contributed by atoms with Crippen molar-refractivity contribution in [2.24, 2.45) is 5.41 Å². The first kappa shape index (κ1) is 9.92. The van der Waals surface area contributed by atoms with Crippen LogP contribution in [0.2, 0.25) is 0 Å². The fraction of sp³-hybridized carbons (Fsp3) is 0.571. The van der Waals surface area contributed by atoms with E-state index in [4.69, 9.17) is 4.74 Å². The zero-order chi connectivity index (χ0) is 11.3. The van der Waals surface area contributed by atoms with Crippen LogP contribution in [0.15, 0.2) is 18.2 Å². The SMILES string of the molecule is c1cc2c(c(OC3CC4(CNC4)C3)c1)CNC2. The second-order valence-corrected chi connectivity index (χ2v) is 5.75. The molecule has 0 atom stereocenters. The quantitative estimate of drug-likeness (QED) is 0.806.